The maximum atomic E-state index is 9.92. The van der Waals surface area contributed by atoms with Gasteiger partial charge in [-0.1, -0.05) is 24.3 Å². The molecule has 0 saturated heterocycles. The van der Waals surface area contributed by atoms with E-state index >= 15 is 0 Å². The van der Waals surface area contributed by atoms with Crippen molar-refractivity contribution < 1.29 is 41.2 Å². The molecule has 0 unspecified atom stereocenters. The third-order valence-electron chi connectivity index (χ3n) is 8.97. The molecule has 0 atom stereocenters. The molecule has 0 aliphatic heterocycles. The highest BCUT2D eigenvalue weighted by Crippen LogP contribution is 2.31. The van der Waals surface area contributed by atoms with Crippen LogP contribution in [-0.2, 0) is 41.2 Å². The van der Waals surface area contributed by atoms with Gasteiger partial charge < -0.3 is 41.2 Å². The molecule has 362 valence electrons. The minimum atomic E-state index is -2.88. The van der Waals surface area contributed by atoms with Gasteiger partial charge >= 0.3 is 68.5 Å². The number of hydrogen-bond acceptors (Lipinski definition) is 12. The van der Waals surface area contributed by atoms with Crippen LogP contribution >= 0.6 is 0 Å². The molecule has 0 aliphatic rings. The highest BCUT2D eigenvalue weighted by Gasteiger charge is 2.50. The Kier molecular flexibility index (Phi) is 19.2. The van der Waals surface area contributed by atoms with Crippen LogP contribution in [0, 0.1) is 22.7 Å². The zero-order chi connectivity index (χ0) is 50.2. The summed E-state index contributed by atoms with van der Waals surface area (Å²) in [5.74, 6) is 0. The number of nitriles is 2. The van der Waals surface area contributed by atoms with Crippen LogP contribution in [-0.4, -0.2) is 102 Å². The summed E-state index contributed by atoms with van der Waals surface area (Å²) in [5.41, 5.74) is 2.46. The Balaban J connectivity index is 2.60. The monoisotopic (exact) mass is 1090 g/mol. The molecule has 0 heterocycles. The normalized spacial score (nSPS) is 14.7. The van der Waals surface area contributed by atoms with Crippen LogP contribution in [0.1, 0.15) is 11.1 Å². The molecular formula is C40H84N2O10Si12. The van der Waals surface area contributed by atoms with Gasteiger partial charge in [-0.15, -0.1) is 0 Å². The molecule has 0 aromatic heterocycles. The first-order valence-electron chi connectivity index (χ1n) is 22.3. The van der Waals surface area contributed by atoms with E-state index < -0.39 is 102 Å². The molecule has 12 nitrogen and oxygen atoms in total. The van der Waals surface area contributed by atoms with Gasteiger partial charge in [0.2, 0.25) is 16.6 Å². The molecule has 0 saturated carbocycles. The third kappa shape index (κ3) is 20.3. The van der Waals surface area contributed by atoms with E-state index in [0.29, 0.717) is 11.1 Å². The molecule has 0 amide bonds. The Bertz CT molecular complexity index is 2040. The Hall–Kier alpha value is -0.377. The van der Waals surface area contributed by atoms with E-state index in [9.17, 15) is 10.5 Å². The van der Waals surface area contributed by atoms with E-state index in [2.05, 4.69) is 201 Å². The molecule has 0 spiro atoms. The number of benzene rings is 2. The SMILES string of the molecule is C[Si](C)(C)O[Si](C)(C)O[Si](C)(C)O[Si](C)(C)O[Si](C)(C)O[Si](C)(C)c1ccc(-c2ccc(C#N)c(C#N)c2)cc1[Si](C)(C)O[Si](C)(C)O[Si](C)(C)O[Si](C)(C)O[Si](C)(C)O[Si](C)(C)C. The molecule has 2 aromatic rings. The van der Waals surface area contributed by atoms with Crippen LogP contribution in [0.4, 0.5) is 0 Å². The standard InChI is InChI=1S/C40H84N2O10Si12/c1-53(2,3)43-57(11,12)47-61(19,20)51-63(23,24)49-59(15,16)45-55(7,8)39-30-29-36(35-27-28-37(33-41)38(31-35)34-42)32-40(39)56(9,10)46-60(17,18)50-64(25,26)52-62(21,22)48-58(13,14)44-54(4,5)6/h27-32H,1-26H3. The molecule has 2 rings (SSSR count). The molecule has 0 fully saturated rings. The summed E-state index contributed by atoms with van der Waals surface area (Å²) in [7, 11) is -30.7. The smallest absolute Gasteiger partial charge is 0.314 e. The second kappa shape index (κ2) is 20.5. The van der Waals surface area contributed by atoms with Crippen LogP contribution in [0.25, 0.3) is 11.1 Å². The van der Waals surface area contributed by atoms with Crippen molar-refractivity contribution in [1.29, 1.82) is 10.5 Å². The fourth-order valence-electron chi connectivity index (χ4n) is 9.19. The first-order valence-corrected chi connectivity index (χ1v) is 57.4. The predicted molar refractivity (Wildman–Crippen MR) is 293 cm³/mol. The molecule has 0 bridgehead atoms. The number of hydrogen-bond donors (Lipinski definition) is 0. The van der Waals surface area contributed by atoms with Gasteiger partial charge in [0.25, 0.3) is 0 Å². The van der Waals surface area contributed by atoms with Crippen molar-refractivity contribution in [3.63, 3.8) is 0 Å². The number of nitrogens with zero attached hydrogens (tertiary/aromatic N) is 2. The fraction of sp³-hybridized carbons (Fsp3) is 0.650. The van der Waals surface area contributed by atoms with Crippen molar-refractivity contribution in [2.45, 2.75) is 170 Å². The lowest BCUT2D eigenvalue weighted by Crippen LogP contribution is -2.67. The summed E-state index contributed by atoms with van der Waals surface area (Å²) in [6.45, 7) is 55.6. The van der Waals surface area contributed by atoms with E-state index in [-0.39, 0.29) is 0 Å². The maximum absolute atomic E-state index is 9.92. The first kappa shape index (κ1) is 59.7. The van der Waals surface area contributed by atoms with Crippen molar-refractivity contribution in [3.8, 4) is 23.3 Å². The maximum Gasteiger partial charge on any atom is 0.314 e. The highest BCUT2D eigenvalue weighted by molar-refractivity contribution is 7.01. The topological polar surface area (TPSA) is 140 Å². The van der Waals surface area contributed by atoms with Crippen molar-refractivity contribution in [2.75, 3.05) is 0 Å². The van der Waals surface area contributed by atoms with E-state index in [4.69, 9.17) is 41.2 Å². The van der Waals surface area contributed by atoms with Gasteiger partial charge in [-0.2, -0.15) is 10.5 Å². The van der Waals surface area contributed by atoms with Crippen LogP contribution in [0.2, 0.25) is 170 Å². The van der Waals surface area contributed by atoms with Gasteiger partial charge in [-0.3, -0.25) is 0 Å². The summed E-state index contributed by atoms with van der Waals surface area (Å²) in [5, 5.41) is 21.8. The lowest BCUT2D eigenvalue weighted by atomic mass is 10.0. The Morgan fingerprint density at radius 3 is 0.875 bits per heavy atom. The summed E-state index contributed by atoms with van der Waals surface area (Å²) >= 11 is 0. The quantitative estimate of drug-likeness (QED) is 0.0979. The van der Waals surface area contributed by atoms with E-state index in [1.807, 2.05) is 6.07 Å². The summed E-state index contributed by atoms with van der Waals surface area (Å²) in [6, 6.07) is 16.2. The Morgan fingerprint density at radius 1 is 0.297 bits per heavy atom. The lowest BCUT2D eigenvalue weighted by molar-refractivity contribution is 0.279. The van der Waals surface area contributed by atoms with Gasteiger partial charge in [-0.25, -0.2) is 0 Å². The molecular weight excluding hydrogens is 1010 g/mol. The van der Waals surface area contributed by atoms with Gasteiger partial charge in [-0.05, 0) is 204 Å². The number of rotatable bonds is 23. The zero-order valence-electron chi connectivity index (χ0n) is 44.4. The van der Waals surface area contributed by atoms with Crippen molar-refractivity contribution in [2.24, 2.45) is 0 Å². The first-order chi connectivity index (χ1) is 28.1. The minimum absolute atomic E-state index is 0.337. The molecule has 0 radical (unpaired) electrons. The summed E-state index contributed by atoms with van der Waals surface area (Å²) in [6.07, 6.45) is 0. The summed E-state index contributed by atoms with van der Waals surface area (Å²) < 4.78 is 69.0. The third-order valence-corrected chi connectivity index (χ3v) is 53.1. The highest BCUT2D eigenvalue weighted by atomic mass is 28.5. The molecule has 64 heavy (non-hydrogen) atoms. The van der Waals surface area contributed by atoms with Gasteiger partial charge in [0.15, 0.2) is 16.6 Å². The molecule has 0 N–H and O–H groups in total. The van der Waals surface area contributed by atoms with E-state index in [1.54, 1.807) is 12.1 Å². The van der Waals surface area contributed by atoms with Gasteiger partial charge in [0.05, 0.1) is 11.1 Å². The van der Waals surface area contributed by atoms with Gasteiger partial charge in [0, 0.05) is 0 Å². The van der Waals surface area contributed by atoms with Crippen molar-refractivity contribution in [3.05, 3.63) is 47.5 Å². The van der Waals surface area contributed by atoms with Crippen molar-refractivity contribution >= 4 is 112 Å². The largest absolute Gasteiger partial charge is 0.437 e. The second-order valence-electron chi connectivity index (χ2n) is 23.2. The van der Waals surface area contributed by atoms with Crippen LogP contribution in [0.5, 0.6) is 0 Å². The van der Waals surface area contributed by atoms with Gasteiger partial charge in [0.1, 0.15) is 12.1 Å². The Labute approximate surface area is 402 Å². The van der Waals surface area contributed by atoms with Crippen LogP contribution in [0.15, 0.2) is 36.4 Å². The average Bonchev–Trinajstić information content (AvgIpc) is 2.96. The van der Waals surface area contributed by atoms with Crippen LogP contribution < -0.4 is 10.4 Å². The molecule has 2 aromatic carbocycles. The molecule has 24 heteroatoms. The van der Waals surface area contributed by atoms with E-state index in [1.165, 1.54) is 0 Å². The van der Waals surface area contributed by atoms with E-state index in [0.717, 1.165) is 21.5 Å². The van der Waals surface area contributed by atoms with Crippen molar-refractivity contribution in [1.82, 2.24) is 0 Å². The van der Waals surface area contributed by atoms with Crippen LogP contribution in [0.3, 0.4) is 0 Å². The zero-order valence-corrected chi connectivity index (χ0v) is 56.4. The second-order valence-corrected chi connectivity index (χ2v) is 69.3. The summed E-state index contributed by atoms with van der Waals surface area (Å²) in [4.78, 5) is 0. The predicted octanol–water partition coefficient (Wildman–Crippen LogP) is 11.4. The fourth-order valence-corrected chi connectivity index (χ4v) is 68.7. The Morgan fingerprint density at radius 2 is 0.562 bits per heavy atom. The average molecular weight is 1090 g/mol. The molecule has 0 aliphatic carbocycles. The minimum Gasteiger partial charge on any atom is -0.437 e. The lowest BCUT2D eigenvalue weighted by Gasteiger charge is -2.44.